The van der Waals surface area contributed by atoms with Crippen molar-refractivity contribution in [3.63, 3.8) is 0 Å². The average molecular weight is 380 g/mol. The quantitative estimate of drug-likeness (QED) is 0.448. The molecule has 0 spiro atoms. The maximum atomic E-state index is 13.4. The van der Waals surface area contributed by atoms with Crippen LogP contribution in [0.5, 0.6) is 0 Å². The number of para-hydroxylation sites is 1. The maximum Gasteiger partial charge on any atom is 0.168 e. The van der Waals surface area contributed by atoms with Crippen molar-refractivity contribution in [3.05, 3.63) is 101 Å². The van der Waals surface area contributed by atoms with E-state index in [0.717, 1.165) is 20.8 Å². The minimum absolute atomic E-state index is 0.00950. The lowest BCUT2D eigenvalue weighted by atomic mass is 9.99. The number of fused-ring (bicyclic) bond motifs is 1. The first-order valence-electron chi connectivity index (χ1n) is 9.17. The molecule has 1 fully saturated rings. The van der Waals surface area contributed by atoms with Gasteiger partial charge in [0.05, 0.1) is 22.2 Å². The van der Waals surface area contributed by atoms with Crippen molar-refractivity contribution >= 4 is 27.3 Å². The van der Waals surface area contributed by atoms with Gasteiger partial charge in [-0.15, -0.1) is 11.3 Å². The first-order valence-corrected chi connectivity index (χ1v) is 9.99. The lowest BCUT2D eigenvalue weighted by Crippen LogP contribution is -2.13. The summed E-state index contributed by atoms with van der Waals surface area (Å²) < 4.78 is 1.04. The molecule has 0 saturated heterocycles. The minimum atomic E-state index is -0.919. The van der Waals surface area contributed by atoms with Crippen molar-refractivity contribution in [3.8, 4) is 6.07 Å². The summed E-state index contributed by atoms with van der Waals surface area (Å²) in [5.74, 6) is -0.606. The Bertz CT molecular complexity index is 1180. The van der Waals surface area contributed by atoms with E-state index < -0.39 is 11.3 Å². The first kappa shape index (κ1) is 16.9. The van der Waals surface area contributed by atoms with E-state index in [2.05, 4.69) is 6.07 Å². The average Bonchev–Trinajstić information content (AvgIpc) is 3.26. The molecule has 134 valence electrons. The summed E-state index contributed by atoms with van der Waals surface area (Å²) >= 11 is 1.52. The third-order valence-electron chi connectivity index (χ3n) is 5.54. The van der Waals surface area contributed by atoms with Crippen LogP contribution in [0, 0.1) is 17.2 Å². The van der Waals surface area contributed by atoms with Crippen LogP contribution in [0.2, 0.25) is 0 Å². The number of hydrogen-bond donors (Lipinski definition) is 0. The van der Waals surface area contributed by atoms with E-state index in [0.29, 0.717) is 5.56 Å². The molecule has 1 saturated carbocycles. The molecule has 3 atom stereocenters. The van der Waals surface area contributed by atoms with Gasteiger partial charge >= 0.3 is 0 Å². The number of ketones is 1. The van der Waals surface area contributed by atoms with Crippen LogP contribution in [0.3, 0.4) is 0 Å². The number of rotatable bonds is 4. The van der Waals surface area contributed by atoms with E-state index in [1.807, 2.05) is 84.9 Å². The largest absolute Gasteiger partial charge is 0.294 e. The lowest BCUT2D eigenvalue weighted by Gasteiger charge is -2.05. The van der Waals surface area contributed by atoms with E-state index in [4.69, 9.17) is 4.98 Å². The molecule has 1 aromatic heterocycles. The van der Waals surface area contributed by atoms with E-state index in [9.17, 15) is 10.1 Å². The van der Waals surface area contributed by atoms with Gasteiger partial charge in [0.25, 0.3) is 0 Å². The number of hydrogen-bond acceptors (Lipinski definition) is 4. The predicted octanol–water partition coefficient (Wildman–Crippen LogP) is 5.35. The highest BCUT2D eigenvalue weighted by atomic mass is 32.1. The van der Waals surface area contributed by atoms with Gasteiger partial charge in [-0.3, -0.25) is 4.79 Å². The SMILES string of the molecule is N#C[C@@]1(c2nc3ccccc3s2)[C@H](C(=O)c2ccccc2)[C@H]1c1ccccc1. The molecule has 0 N–H and O–H groups in total. The van der Waals surface area contributed by atoms with Crippen molar-refractivity contribution < 1.29 is 4.79 Å². The molecular weight excluding hydrogens is 364 g/mol. The van der Waals surface area contributed by atoms with Crippen LogP contribution in [-0.2, 0) is 5.41 Å². The molecule has 0 radical (unpaired) electrons. The molecule has 0 aliphatic heterocycles. The van der Waals surface area contributed by atoms with Gasteiger partial charge in [0, 0.05) is 11.5 Å². The number of carbonyl (C=O) groups excluding carboxylic acids is 1. The lowest BCUT2D eigenvalue weighted by molar-refractivity contribution is 0.0959. The van der Waals surface area contributed by atoms with E-state index in [1.165, 1.54) is 11.3 Å². The molecule has 3 aromatic carbocycles. The van der Waals surface area contributed by atoms with E-state index in [1.54, 1.807) is 0 Å². The molecule has 5 rings (SSSR count). The van der Waals surface area contributed by atoms with Crippen LogP contribution < -0.4 is 0 Å². The normalized spacial score (nSPS) is 23.2. The van der Waals surface area contributed by atoms with Gasteiger partial charge in [0.2, 0.25) is 0 Å². The van der Waals surface area contributed by atoms with Gasteiger partial charge in [-0.2, -0.15) is 5.26 Å². The highest BCUT2D eigenvalue weighted by Gasteiger charge is 2.72. The van der Waals surface area contributed by atoms with Crippen LogP contribution >= 0.6 is 11.3 Å². The second-order valence-corrected chi connectivity index (χ2v) is 8.09. The minimum Gasteiger partial charge on any atom is -0.294 e. The second-order valence-electron chi connectivity index (χ2n) is 7.06. The molecule has 4 heteroatoms. The van der Waals surface area contributed by atoms with Gasteiger partial charge in [-0.1, -0.05) is 72.8 Å². The number of benzene rings is 3. The van der Waals surface area contributed by atoms with Crippen LogP contribution in [0.4, 0.5) is 0 Å². The molecule has 1 aliphatic carbocycles. The van der Waals surface area contributed by atoms with Gasteiger partial charge in [0.15, 0.2) is 5.78 Å². The molecule has 3 nitrogen and oxygen atoms in total. The molecular formula is C24H16N2OS. The zero-order valence-corrected chi connectivity index (χ0v) is 15.8. The zero-order valence-electron chi connectivity index (χ0n) is 14.9. The van der Waals surface area contributed by atoms with Crippen LogP contribution in [0.1, 0.15) is 26.8 Å². The van der Waals surface area contributed by atoms with Gasteiger partial charge in [-0.25, -0.2) is 4.98 Å². The Morgan fingerprint density at radius 3 is 2.25 bits per heavy atom. The summed E-state index contributed by atoms with van der Waals surface area (Å²) in [5.41, 5.74) is 1.61. The van der Waals surface area contributed by atoms with Crippen LogP contribution in [-0.4, -0.2) is 10.8 Å². The second kappa shape index (κ2) is 6.40. The summed E-state index contributed by atoms with van der Waals surface area (Å²) in [7, 11) is 0. The molecule has 28 heavy (non-hydrogen) atoms. The third-order valence-corrected chi connectivity index (χ3v) is 6.73. The molecule has 1 heterocycles. The van der Waals surface area contributed by atoms with E-state index in [-0.39, 0.29) is 11.7 Å². The van der Waals surface area contributed by atoms with Crippen molar-refractivity contribution in [2.24, 2.45) is 5.92 Å². The number of aromatic nitrogens is 1. The molecule has 1 aliphatic rings. The summed E-state index contributed by atoms with van der Waals surface area (Å²) in [6, 6.07) is 29.5. The Morgan fingerprint density at radius 2 is 1.57 bits per heavy atom. The Balaban J connectivity index is 1.67. The maximum absolute atomic E-state index is 13.4. The van der Waals surface area contributed by atoms with Crippen molar-refractivity contribution in [1.82, 2.24) is 4.98 Å². The predicted molar refractivity (Wildman–Crippen MR) is 110 cm³/mol. The van der Waals surface area contributed by atoms with Crippen molar-refractivity contribution in [2.45, 2.75) is 11.3 Å². The smallest absolute Gasteiger partial charge is 0.168 e. The summed E-state index contributed by atoms with van der Waals surface area (Å²) in [6.07, 6.45) is 0. The van der Waals surface area contributed by atoms with Gasteiger partial charge in [-0.05, 0) is 17.7 Å². The fraction of sp³-hybridized carbons (Fsp3) is 0.125. The highest BCUT2D eigenvalue weighted by Crippen LogP contribution is 2.67. The fourth-order valence-electron chi connectivity index (χ4n) is 4.15. The van der Waals surface area contributed by atoms with Gasteiger partial charge in [0.1, 0.15) is 10.4 Å². The zero-order chi connectivity index (χ0) is 19.1. The Morgan fingerprint density at radius 1 is 0.929 bits per heavy atom. The molecule has 4 aromatic rings. The third kappa shape index (κ3) is 2.41. The number of carbonyl (C=O) groups is 1. The summed E-state index contributed by atoms with van der Waals surface area (Å²) in [5, 5.41) is 11.0. The topological polar surface area (TPSA) is 53.8 Å². The van der Waals surface area contributed by atoms with Crippen molar-refractivity contribution in [2.75, 3.05) is 0 Å². The Kier molecular flexibility index (Phi) is 3.85. The van der Waals surface area contributed by atoms with E-state index >= 15 is 0 Å². The Labute approximate surface area is 166 Å². The number of Topliss-reactive ketones (excluding diaryl/α,β-unsaturated/α-hetero) is 1. The summed E-state index contributed by atoms with van der Waals surface area (Å²) in [4.78, 5) is 18.1. The molecule has 0 unspecified atom stereocenters. The Hall–Kier alpha value is -3.29. The fourth-order valence-corrected chi connectivity index (χ4v) is 5.33. The first-order chi connectivity index (χ1) is 13.8. The van der Waals surface area contributed by atoms with Gasteiger partial charge < -0.3 is 0 Å². The van der Waals surface area contributed by atoms with Crippen molar-refractivity contribution in [1.29, 1.82) is 5.26 Å². The highest BCUT2D eigenvalue weighted by molar-refractivity contribution is 7.18. The number of nitrogens with zero attached hydrogens (tertiary/aromatic N) is 2. The number of thiazole rings is 1. The molecule has 0 bridgehead atoms. The number of nitriles is 1. The molecule has 0 amide bonds. The monoisotopic (exact) mass is 380 g/mol. The standard InChI is InChI=1S/C24H16N2OS/c25-15-24(23-26-18-13-7-8-14-19(18)28-23)20(16-9-3-1-4-10-16)21(24)22(27)17-11-5-2-6-12-17/h1-14,20-21H/t20-,21+,24+/m1/s1. The summed E-state index contributed by atoms with van der Waals surface area (Å²) in [6.45, 7) is 0. The van der Waals surface area contributed by atoms with Crippen LogP contribution in [0.25, 0.3) is 10.2 Å². The van der Waals surface area contributed by atoms with Crippen LogP contribution in [0.15, 0.2) is 84.9 Å².